The first-order valence-electron chi connectivity index (χ1n) is 5.09. The van der Waals surface area contributed by atoms with Crippen molar-refractivity contribution in [2.75, 3.05) is 0 Å². The summed E-state index contributed by atoms with van der Waals surface area (Å²) >= 11 is 0. The number of benzene rings is 1. The fourth-order valence-corrected chi connectivity index (χ4v) is 1.42. The van der Waals surface area contributed by atoms with E-state index < -0.39 is 24.5 Å². The van der Waals surface area contributed by atoms with E-state index >= 15 is 0 Å². The van der Waals surface area contributed by atoms with E-state index in [1.54, 1.807) is 0 Å². The van der Waals surface area contributed by atoms with Gasteiger partial charge in [-0.3, -0.25) is 0 Å². The number of alkyl halides is 5. The van der Waals surface area contributed by atoms with Crippen molar-refractivity contribution in [1.29, 1.82) is 0 Å². The molecule has 1 rings (SSSR count). The van der Waals surface area contributed by atoms with Gasteiger partial charge in [0, 0.05) is 12.0 Å². The Morgan fingerprint density at radius 3 is 2.37 bits per heavy atom. The van der Waals surface area contributed by atoms with Gasteiger partial charge >= 0.3 is 13.0 Å². The molecule has 19 heavy (non-hydrogen) atoms. The molecule has 0 spiro atoms. The Labute approximate surface area is 104 Å². The summed E-state index contributed by atoms with van der Waals surface area (Å²) in [5.74, 6) is -1.11. The topological polar surface area (TPSA) is 35.5 Å². The Morgan fingerprint density at radius 1 is 1.21 bits per heavy atom. The lowest BCUT2D eigenvalue weighted by Gasteiger charge is -2.16. The molecule has 0 unspecified atom stereocenters. The second kappa shape index (κ2) is 6.35. The maximum absolute atomic E-state index is 12.2. The Balaban J connectivity index is 3.09. The molecule has 0 aliphatic rings. The van der Waals surface area contributed by atoms with Crippen molar-refractivity contribution >= 4 is 6.29 Å². The van der Waals surface area contributed by atoms with Crippen LogP contribution in [0.15, 0.2) is 18.2 Å². The Kier molecular flexibility index (Phi) is 5.08. The Bertz CT molecular complexity index is 431. The normalized spacial score (nSPS) is 11.5. The Morgan fingerprint density at radius 2 is 1.84 bits per heavy atom. The van der Waals surface area contributed by atoms with Crippen LogP contribution in [0.4, 0.5) is 22.0 Å². The van der Waals surface area contributed by atoms with Crippen molar-refractivity contribution in [2.24, 2.45) is 0 Å². The molecule has 8 heteroatoms. The number of rotatable bonds is 6. The molecule has 0 saturated heterocycles. The van der Waals surface area contributed by atoms with Crippen molar-refractivity contribution in [3.63, 3.8) is 0 Å². The fraction of sp³-hybridized carbons (Fsp3) is 0.364. The monoisotopic (exact) mass is 284 g/mol. The van der Waals surface area contributed by atoms with Crippen LogP contribution in [0.25, 0.3) is 0 Å². The summed E-state index contributed by atoms with van der Waals surface area (Å²) in [6, 6.07) is 3.13. The van der Waals surface area contributed by atoms with Crippen LogP contribution in [-0.4, -0.2) is 19.3 Å². The maximum atomic E-state index is 12.2. The molecule has 0 N–H and O–H groups in total. The highest BCUT2D eigenvalue weighted by molar-refractivity contribution is 5.53. The first-order valence-corrected chi connectivity index (χ1v) is 5.09. The van der Waals surface area contributed by atoms with E-state index in [0.717, 1.165) is 18.2 Å². The van der Waals surface area contributed by atoms with Crippen LogP contribution in [0.5, 0.6) is 11.5 Å². The van der Waals surface area contributed by atoms with E-state index in [1.165, 1.54) is 0 Å². The maximum Gasteiger partial charge on any atom is 0.573 e. The number of hydrogen-bond donors (Lipinski definition) is 0. The average Bonchev–Trinajstić information content (AvgIpc) is 2.25. The van der Waals surface area contributed by atoms with E-state index in [9.17, 15) is 26.7 Å². The zero-order chi connectivity index (χ0) is 14.5. The molecule has 1 aromatic rings. The van der Waals surface area contributed by atoms with Gasteiger partial charge in [-0.1, -0.05) is 6.07 Å². The van der Waals surface area contributed by atoms with Gasteiger partial charge in [0.25, 0.3) is 0 Å². The van der Waals surface area contributed by atoms with Crippen LogP contribution < -0.4 is 9.47 Å². The largest absolute Gasteiger partial charge is 0.573 e. The molecule has 0 aromatic heterocycles. The lowest BCUT2D eigenvalue weighted by molar-refractivity contribution is -0.274. The summed E-state index contributed by atoms with van der Waals surface area (Å²) in [5.41, 5.74) is -0.229. The number of ether oxygens (including phenoxy) is 2. The van der Waals surface area contributed by atoms with Crippen LogP contribution >= 0.6 is 0 Å². The highest BCUT2D eigenvalue weighted by Gasteiger charge is 2.32. The summed E-state index contributed by atoms with van der Waals surface area (Å²) in [6.45, 7) is -3.18. The molecule has 0 heterocycles. The van der Waals surface area contributed by atoms with Crippen molar-refractivity contribution in [1.82, 2.24) is 0 Å². The molecule has 0 atom stereocenters. The molecule has 0 aliphatic heterocycles. The molecular formula is C11H9F5O3. The van der Waals surface area contributed by atoms with Gasteiger partial charge in [-0.15, -0.1) is 13.2 Å². The number of carbonyl (C=O) groups is 1. The Hall–Kier alpha value is -1.86. The van der Waals surface area contributed by atoms with E-state index in [1.807, 2.05) is 0 Å². The van der Waals surface area contributed by atoms with E-state index in [0.29, 0.717) is 6.29 Å². The standard InChI is InChI=1S/C11H9F5O3/c12-10(13)18-8-4-1-5-9(19-11(14,15)16)7(8)3-2-6-17/h1,4-6,10H,2-3H2. The second-order valence-electron chi connectivity index (χ2n) is 3.36. The predicted octanol–water partition coefficient (Wildman–Crippen LogP) is 3.32. The number of hydrogen-bond acceptors (Lipinski definition) is 3. The predicted molar refractivity (Wildman–Crippen MR) is 54.1 cm³/mol. The van der Waals surface area contributed by atoms with Crippen molar-refractivity contribution in [3.05, 3.63) is 23.8 Å². The van der Waals surface area contributed by atoms with Gasteiger partial charge in [-0.25, -0.2) is 0 Å². The van der Waals surface area contributed by atoms with Crippen LogP contribution in [0.2, 0.25) is 0 Å². The highest BCUT2D eigenvalue weighted by Crippen LogP contribution is 2.34. The van der Waals surface area contributed by atoms with Gasteiger partial charge in [0.05, 0.1) is 0 Å². The van der Waals surface area contributed by atoms with Crippen LogP contribution in [-0.2, 0) is 11.2 Å². The van der Waals surface area contributed by atoms with Gasteiger partial charge in [0.2, 0.25) is 0 Å². The third kappa shape index (κ3) is 5.11. The zero-order valence-corrected chi connectivity index (χ0v) is 9.42. The van der Waals surface area contributed by atoms with E-state index in [4.69, 9.17) is 0 Å². The molecular weight excluding hydrogens is 275 g/mol. The quantitative estimate of drug-likeness (QED) is 0.594. The first-order chi connectivity index (χ1) is 8.83. The minimum Gasteiger partial charge on any atom is -0.434 e. The molecule has 0 radical (unpaired) electrons. The van der Waals surface area contributed by atoms with Crippen LogP contribution in [0.1, 0.15) is 12.0 Å². The minimum absolute atomic E-state index is 0.141. The third-order valence-corrected chi connectivity index (χ3v) is 2.04. The van der Waals surface area contributed by atoms with Crippen molar-refractivity contribution in [2.45, 2.75) is 25.8 Å². The highest BCUT2D eigenvalue weighted by atomic mass is 19.4. The van der Waals surface area contributed by atoms with E-state index in [-0.39, 0.29) is 18.4 Å². The zero-order valence-electron chi connectivity index (χ0n) is 9.42. The molecule has 106 valence electrons. The summed E-state index contributed by atoms with van der Waals surface area (Å²) in [7, 11) is 0. The van der Waals surface area contributed by atoms with Crippen molar-refractivity contribution in [3.8, 4) is 11.5 Å². The molecule has 0 fully saturated rings. The minimum atomic E-state index is -4.96. The number of aldehydes is 1. The first kappa shape index (κ1) is 15.2. The average molecular weight is 284 g/mol. The molecule has 3 nitrogen and oxygen atoms in total. The van der Waals surface area contributed by atoms with Gasteiger partial charge in [0.15, 0.2) is 0 Å². The molecule has 0 saturated carbocycles. The number of halogens is 5. The molecule has 0 aliphatic carbocycles. The summed E-state index contributed by atoms with van der Waals surface area (Å²) in [5, 5.41) is 0. The van der Waals surface area contributed by atoms with Crippen LogP contribution in [0, 0.1) is 0 Å². The lowest BCUT2D eigenvalue weighted by Crippen LogP contribution is -2.18. The van der Waals surface area contributed by atoms with Gasteiger partial charge in [-0.2, -0.15) is 8.78 Å². The number of carbonyl (C=O) groups excluding carboxylic acids is 1. The van der Waals surface area contributed by atoms with Crippen LogP contribution in [0.3, 0.4) is 0 Å². The third-order valence-electron chi connectivity index (χ3n) is 2.04. The lowest BCUT2D eigenvalue weighted by atomic mass is 10.1. The van der Waals surface area contributed by atoms with Gasteiger partial charge in [-0.05, 0) is 18.6 Å². The molecule has 1 aromatic carbocycles. The molecule has 0 amide bonds. The van der Waals surface area contributed by atoms with Gasteiger partial charge in [0.1, 0.15) is 17.8 Å². The fourth-order valence-electron chi connectivity index (χ4n) is 1.42. The summed E-state index contributed by atoms with van der Waals surface area (Å²) in [4.78, 5) is 10.3. The second-order valence-corrected chi connectivity index (χ2v) is 3.36. The smallest absolute Gasteiger partial charge is 0.434 e. The van der Waals surface area contributed by atoms with Crippen molar-refractivity contribution < 1.29 is 36.2 Å². The SMILES string of the molecule is O=CCCc1c(OC(F)F)cccc1OC(F)(F)F. The summed E-state index contributed by atoms with van der Waals surface area (Å²) in [6.07, 6.45) is -4.84. The summed E-state index contributed by atoms with van der Waals surface area (Å²) < 4.78 is 68.6. The van der Waals surface area contributed by atoms with E-state index in [2.05, 4.69) is 9.47 Å². The molecule has 0 bridgehead atoms. The van der Waals surface area contributed by atoms with Gasteiger partial charge < -0.3 is 14.3 Å².